The van der Waals surface area contributed by atoms with Gasteiger partial charge in [0, 0.05) is 50.3 Å². The summed E-state index contributed by atoms with van der Waals surface area (Å²) < 4.78 is 25.6. The molecule has 2 heterocycles. The Balaban J connectivity index is 1.65. The summed E-state index contributed by atoms with van der Waals surface area (Å²) in [4.78, 5) is 16.9. The Labute approximate surface area is 151 Å². The number of amides is 2. The number of carbonyl (C=O) groups excluding carboxylic acids is 1. The van der Waals surface area contributed by atoms with Gasteiger partial charge in [0.1, 0.15) is 0 Å². The van der Waals surface area contributed by atoms with Crippen LogP contribution in [0.2, 0.25) is 0 Å². The van der Waals surface area contributed by atoms with E-state index in [-0.39, 0.29) is 17.6 Å². The maximum absolute atomic E-state index is 12.6. The van der Waals surface area contributed by atoms with Gasteiger partial charge in [-0.1, -0.05) is 19.3 Å². The van der Waals surface area contributed by atoms with Crippen molar-refractivity contribution in [3.05, 3.63) is 0 Å². The van der Waals surface area contributed by atoms with E-state index in [1.54, 1.807) is 4.31 Å². The summed E-state index contributed by atoms with van der Waals surface area (Å²) in [6.07, 6.45) is 7.07. The maximum atomic E-state index is 12.6. The van der Waals surface area contributed by atoms with Crippen molar-refractivity contribution >= 4 is 16.1 Å². The highest BCUT2D eigenvalue weighted by atomic mass is 32.2. The quantitative estimate of drug-likeness (QED) is 0.787. The second-order valence-corrected chi connectivity index (χ2v) is 10.4. The van der Waals surface area contributed by atoms with Crippen molar-refractivity contribution in [3.63, 3.8) is 0 Å². The average molecular weight is 373 g/mol. The van der Waals surface area contributed by atoms with Crippen molar-refractivity contribution in [2.45, 2.75) is 63.6 Å². The number of hydrogen-bond donors (Lipinski definition) is 1. The van der Waals surface area contributed by atoms with Gasteiger partial charge in [-0.2, -0.15) is 4.31 Å². The zero-order chi connectivity index (χ0) is 18.2. The van der Waals surface area contributed by atoms with Gasteiger partial charge < -0.3 is 10.2 Å². The van der Waals surface area contributed by atoms with Gasteiger partial charge in [-0.05, 0) is 26.7 Å². The van der Waals surface area contributed by atoms with Gasteiger partial charge in [0.05, 0.1) is 6.26 Å². The minimum absolute atomic E-state index is 0.0147. The zero-order valence-corrected chi connectivity index (χ0v) is 16.5. The Morgan fingerprint density at radius 3 is 2.40 bits per heavy atom. The number of carbonyl (C=O) groups is 1. The van der Waals surface area contributed by atoms with Gasteiger partial charge in [0.15, 0.2) is 0 Å². The predicted octanol–water partition coefficient (Wildman–Crippen LogP) is 1.07. The molecule has 8 heteroatoms. The first-order valence-electron chi connectivity index (χ1n) is 9.44. The maximum Gasteiger partial charge on any atom is 0.317 e. The molecule has 3 fully saturated rings. The molecule has 0 aromatic carbocycles. The molecular formula is C17H32N4O3S. The summed E-state index contributed by atoms with van der Waals surface area (Å²) in [5.41, 5.74) is -0.210. The van der Waals surface area contributed by atoms with E-state index in [9.17, 15) is 13.2 Å². The van der Waals surface area contributed by atoms with E-state index in [0.29, 0.717) is 32.2 Å². The zero-order valence-electron chi connectivity index (χ0n) is 15.7. The fraction of sp³-hybridized carbons (Fsp3) is 0.941. The molecule has 2 aliphatic heterocycles. The molecule has 1 atom stereocenters. The summed E-state index contributed by atoms with van der Waals surface area (Å²) in [6, 6.07) is 0.375. The van der Waals surface area contributed by atoms with Gasteiger partial charge in [-0.25, -0.2) is 13.2 Å². The minimum atomic E-state index is -3.22. The number of urea groups is 1. The molecule has 1 saturated carbocycles. The lowest BCUT2D eigenvalue weighted by Crippen LogP contribution is -2.71. The highest BCUT2D eigenvalue weighted by Crippen LogP contribution is 2.29. The van der Waals surface area contributed by atoms with E-state index < -0.39 is 10.0 Å². The molecule has 0 radical (unpaired) electrons. The molecule has 3 aliphatic rings. The van der Waals surface area contributed by atoms with Crippen molar-refractivity contribution in [3.8, 4) is 0 Å². The van der Waals surface area contributed by atoms with Crippen LogP contribution in [-0.4, -0.2) is 85.2 Å². The van der Waals surface area contributed by atoms with Gasteiger partial charge in [0.2, 0.25) is 10.0 Å². The Hall–Kier alpha value is -0.860. The van der Waals surface area contributed by atoms with Crippen LogP contribution >= 0.6 is 0 Å². The Morgan fingerprint density at radius 1 is 1.08 bits per heavy atom. The fourth-order valence-corrected chi connectivity index (χ4v) is 5.57. The van der Waals surface area contributed by atoms with E-state index in [0.717, 1.165) is 19.4 Å². The SMILES string of the molecule is CC1(C)CN(S(C)(=O)=O)CC2CN(C(=O)NC3CCCCC3)CCN21. The van der Waals surface area contributed by atoms with Crippen molar-refractivity contribution < 1.29 is 13.2 Å². The number of nitrogens with zero attached hydrogens (tertiary/aromatic N) is 3. The molecule has 0 aromatic heterocycles. The van der Waals surface area contributed by atoms with Gasteiger partial charge in [0.25, 0.3) is 0 Å². The number of fused-ring (bicyclic) bond motifs is 1. The highest BCUT2D eigenvalue weighted by Gasteiger charge is 2.45. The molecule has 7 nitrogen and oxygen atoms in total. The lowest BCUT2D eigenvalue weighted by Gasteiger charge is -2.54. The average Bonchev–Trinajstić information content (AvgIpc) is 2.53. The largest absolute Gasteiger partial charge is 0.335 e. The first-order chi connectivity index (χ1) is 11.7. The first-order valence-corrected chi connectivity index (χ1v) is 11.3. The molecule has 1 N–H and O–H groups in total. The topological polar surface area (TPSA) is 73.0 Å². The van der Waals surface area contributed by atoms with Gasteiger partial charge in [-0.3, -0.25) is 4.90 Å². The summed E-state index contributed by atoms with van der Waals surface area (Å²) in [5.74, 6) is 0. The van der Waals surface area contributed by atoms with Crippen LogP contribution in [0.25, 0.3) is 0 Å². The predicted molar refractivity (Wildman–Crippen MR) is 98.0 cm³/mol. The van der Waals surface area contributed by atoms with Gasteiger partial charge >= 0.3 is 6.03 Å². The van der Waals surface area contributed by atoms with Crippen LogP contribution in [-0.2, 0) is 10.0 Å². The summed E-state index contributed by atoms with van der Waals surface area (Å²) in [6.45, 7) is 7.26. The molecular weight excluding hydrogens is 340 g/mol. The molecule has 2 amide bonds. The van der Waals surface area contributed by atoms with Gasteiger partial charge in [-0.15, -0.1) is 0 Å². The van der Waals surface area contributed by atoms with Crippen molar-refractivity contribution in [2.24, 2.45) is 0 Å². The van der Waals surface area contributed by atoms with Crippen LogP contribution in [0.3, 0.4) is 0 Å². The smallest absolute Gasteiger partial charge is 0.317 e. The van der Waals surface area contributed by atoms with E-state index in [1.807, 2.05) is 4.90 Å². The Morgan fingerprint density at radius 2 is 1.76 bits per heavy atom. The third-order valence-corrected chi connectivity index (χ3v) is 7.14. The van der Waals surface area contributed by atoms with E-state index >= 15 is 0 Å². The summed E-state index contributed by atoms with van der Waals surface area (Å²) >= 11 is 0. The Kier molecular flexibility index (Phi) is 5.33. The molecule has 3 rings (SSSR count). The van der Waals surface area contributed by atoms with E-state index in [2.05, 4.69) is 24.1 Å². The number of sulfonamides is 1. The van der Waals surface area contributed by atoms with Crippen molar-refractivity contribution in [2.75, 3.05) is 39.0 Å². The molecule has 0 bridgehead atoms. The Bertz CT molecular complexity index is 601. The molecule has 144 valence electrons. The highest BCUT2D eigenvalue weighted by molar-refractivity contribution is 7.88. The van der Waals surface area contributed by atoms with Crippen molar-refractivity contribution in [1.82, 2.24) is 19.4 Å². The summed E-state index contributed by atoms with van der Waals surface area (Å²) in [5, 5.41) is 3.18. The number of nitrogens with one attached hydrogen (secondary N) is 1. The monoisotopic (exact) mass is 372 g/mol. The van der Waals surface area contributed by atoms with E-state index in [4.69, 9.17) is 0 Å². The van der Waals surface area contributed by atoms with E-state index in [1.165, 1.54) is 25.5 Å². The number of rotatable bonds is 2. The molecule has 1 unspecified atom stereocenters. The second-order valence-electron chi connectivity index (χ2n) is 8.45. The van der Waals surface area contributed by atoms with Crippen LogP contribution < -0.4 is 5.32 Å². The number of piperazine rings is 2. The van der Waals surface area contributed by atoms with Crippen LogP contribution in [0.15, 0.2) is 0 Å². The van der Waals surface area contributed by atoms with Crippen LogP contribution in [0.1, 0.15) is 46.0 Å². The lowest BCUT2D eigenvalue weighted by atomic mass is 9.94. The minimum Gasteiger partial charge on any atom is -0.335 e. The van der Waals surface area contributed by atoms with Crippen LogP contribution in [0, 0.1) is 0 Å². The van der Waals surface area contributed by atoms with Crippen LogP contribution in [0.5, 0.6) is 0 Å². The molecule has 0 spiro atoms. The van der Waals surface area contributed by atoms with Crippen molar-refractivity contribution in [1.29, 1.82) is 0 Å². The molecule has 1 aliphatic carbocycles. The molecule has 25 heavy (non-hydrogen) atoms. The lowest BCUT2D eigenvalue weighted by molar-refractivity contribution is -0.0337. The third-order valence-electron chi connectivity index (χ3n) is 5.93. The fourth-order valence-electron chi connectivity index (χ4n) is 4.58. The third kappa shape index (κ3) is 4.28. The molecule has 0 aromatic rings. The standard InChI is InChI=1S/C17H32N4O3S/c1-17(2)13-20(25(3,23)24)12-15-11-19(9-10-21(15)17)16(22)18-14-7-5-4-6-8-14/h14-15H,4-13H2,1-3H3,(H,18,22). The second kappa shape index (κ2) is 7.04. The number of hydrogen-bond acceptors (Lipinski definition) is 4. The molecule has 2 saturated heterocycles. The normalized spacial score (nSPS) is 29.2. The summed E-state index contributed by atoms with van der Waals surface area (Å²) in [7, 11) is -3.22. The first kappa shape index (κ1) is 18.9. The van der Waals surface area contributed by atoms with Crippen LogP contribution in [0.4, 0.5) is 4.79 Å².